The number of hydrogen-bond donors (Lipinski definition) is 2. The van der Waals surface area contributed by atoms with Gasteiger partial charge in [0.1, 0.15) is 5.69 Å². The van der Waals surface area contributed by atoms with Crippen molar-refractivity contribution in [1.82, 2.24) is 5.32 Å². The predicted octanol–water partition coefficient (Wildman–Crippen LogP) is 1.75. The van der Waals surface area contributed by atoms with E-state index in [0.29, 0.717) is 0 Å². The Morgan fingerprint density at radius 1 is 1.04 bits per heavy atom. The molecule has 0 atom stereocenters. The highest BCUT2D eigenvalue weighted by molar-refractivity contribution is 7.90. The lowest BCUT2D eigenvalue weighted by molar-refractivity contribution is -0.384. The minimum Gasteiger partial charge on any atom is -0.378 e. The van der Waals surface area contributed by atoms with Gasteiger partial charge in [0, 0.05) is 43.1 Å². The van der Waals surface area contributed by atoms with Crippen LogP contribution in [0, 0.1) is 20.2 Å². The van der Waals surface area contributed by atoms with Crippen molar-refractivity contribution in [3.8, 4) is 0 Å². The molecule has 0 saturated carbocycles. The van der Waals surface area contributed by atoms with Gasteiger partial charge in [0.05, 0.1) is 14.7 Å². The first-order valence-corrected chi connectivity index (χ1v) is 9.74. The number of nitrogens with zero attached hydrogens (tertiary/aromatic N) is 2. The van der Waals surface area contributed by atoms with Gasteiger partial charge in [-0.3, -0.25) is 25.0 Å². The third-order valence-corrected chi connectivity index (χ3v) is 4.75. The molecule has 0 bridgehead atoms. The van der Waals surface area contributed by atoms with Crippen LogP contribution in [0.2, 0.25) is 0 Å². The van der Waals surface area contributed by atoms with Crippen molar-refractivity contribution in [3.05, 3.63) is 68.3 Å². The number of amides is 1. The Bertz CT molecular complexity index is 1040. The topological polar surface area (TPSA) is 162 Å². The SMILES string of the molecule is CS(=O)(=O)c1ccc(NCCNC(=O)c2cccc([N+](=O)[O-])c2)c([N+](=O)[O-])c1. The van der Waals surface area contributed by atoms with E-state index in [1.165, 1.54) is 30.3 Å². The molecule has 0 aliphatic rings. The van der Waals surface area contributed by atoms with Crippen LogP contribution in [0.15, 0.2) is 47.4 Å². The average molecular weight is 408 g/mol. The van der Waals surface area contributed by atoms with E-state index < -0.39 is 31.3 Å². The lowest BCUT2D eigenvalue weighted by Crippen LogP contribution is -2.28. The molecule has 0 radical (unpaired) electrons. The number of nitro groups is 2. The van der Waals surface area contributed by atoms with Crippen molar-refractivity contribution in [1.29, 1.82) is 0 Å². The highest BCUT2D eigenvalue weighted by Crippen LogP contribution is 2.27. The van der Waals surface area contributed by atoms with Crippen molar-refractivity contribution in [2.24, 2.45) is 0 Å². The molecule has 2 N–H and O–H groups in total. The Labute approximate surface area is 159 Å². The zero-order valence-corrected chi connectivity index (χ0v) is 15.4. The Morgan fingerprint density at radius 2 is 1.75 bits per heavy atom. The van der Waals surface area contributed by atoms with E-state index in [0.717, 1.165) is 18.4 Å². The van der Waals surface area contributed by atoms with E-state index in [1.54, 1.807) is 0 Å². The molecule has 1 amide bonds. The Morgan fingerprint density at radius 3 is 2.36 bits per heavy atom. The summed E-state index contributed by atoms with van der Waals surface area (Å²) in [6.07, 6.45) is 0.947. The molecule has 2 aromatic carbocycles. The number of benzene rings is 2. The molecule has 2 rings (SSSR count). The third-order valence-electron chi connectivity index (χ3n) is 3.64. The maximum Gasteiger partial charge on any atom is 0.293 e. The number of carbonyl (C=O) groups is 1. The molecule has 0 spiro atoms. The van der Waals surface area contributed by atoms with Gasteiger partial charge in [0.2, 0.25) is 0 Å². The van der Waals surface area contributed by atoms with Crippen LogP contribution in [0.25, 0.3) is 0 Å². The van der Waals surface area contributed by atoms with E-state index in [-0.39, 0.29) is 34.9 Å². The molecule has 0 aromatic heterocycles. The van der Waals surface area contributed by atoms with Gasteiger partial charge in [-0.05, 0) is 18.2 Å². The molecular formula is C16H16N4O7S. The Balaban J connectivity index is 2.00. The van der Waals surface area contributed by atoms with Crippen molar-refractivity contribution in [3.63, 3.8) is 0 Å². The highest BCUT2D eigenvalue weighted by atomic mass is 32.2. The third kappa shape index (κ3) is 5.23. The maximum absolute atomic E-state index is 12.0. The molecule has 0 aliphatic heterocycles. The second-order valence-electron chi connectivity index (χ2n) is 5.70. The van der Waals surface area contributed by atoms with Crippen LogP contribution in [0.4, 0.5) is 17.1 Å². The fraction of sp³-hybridized carbons (Fsp3) is 0.188. The van der Waals surface area contributed by atoms with E-state index in [4.69, 9.17) is 0 Å². The second-order valence-corrected chi connectivity index (χ2v) is 7.71. The molecule has 0 heterocycles. The van der Waals surface area contributed by atoms with Gasteiger partial charge in [-0.1, -0.05) is 6.07 Å². The summed E-state index contributed by atoms with van der Waals surface area (Å²) in [5.41, 5.74) is -0.417. The van der Waals surface area contributed by atoms with Gasteiger partial charge in [0.25, 0.3) is 17.3 Å². The van der Waals surface area contributed by atoms with Gasteiger partial charge in [-0.2, -0.15) is 0 Å². The summed E-state index contributed by atoms with van der Waals surface area (Å²) >= 11 is 0. The van der Waals surface area contributed by atoms with Crippen LogP contribution in [0.1, 0.15) is 10.4 Å². The standard InChI is InChI=1S/C16H16N4O7S/c1-28(26,27)13-5-6-14(15(10-13)20(24)25)17-7-8-18-16(21)11-3-2-4-12(9-11)19(22)23/h2-6,9-10,17H,7-8H2,1H3,(H,18,21). The van der Waals surface area contributed by atoms with Crippen molar-refractivity contribution in [2.75, 3.05) is 24.7 Å². The minimum atomic E-state index is -3.59. The molecule has 11 nitrogen and oxygen atoms in total. The van der Waals surface area contributed by atoms with Crippen molar-refractivity contribution >= 4 is 32.8 Å². The van der Waals surface area contributed by atoms with Crippen LogP contribution in [0.5, 0.6) is 0 Å². The summed E-state index contributed by atoms with van der Waals surface area (Å²) in [5.74, 6) is -0.535. The summed E-state index contributed by atoms with van der Waals surface area (Å²) in [6, 6.07) is 8.68. The fourth-order valence-electron chi connectivity index (χ4n) is 2.28. The van der Waals surface area contributed by atoms with E-state index in [9.17, 15) is 33.4 Å². The number of carbonyl (C=O) groups excluding carboxylic acids is 1. The van der Waals surface area contributed by atoms with Gasteiger partial charge in [-0.25, -0.2) is 8.42 Å². The molecule has 12 heteroatoms. The first-order chi connectivity index (χ1) is 13.1. The van der Waals surface area contributed by atoms with E-state index >= 15 is 0 Å². The largest absolute Gasteiger partial charge is 0.378 e. The molecular weight excluding hydrogens is 392 g/mol. The summed E-state index contributed by atoms with van der Waals surface area (Å²) in [4.78, 5) is 32.4. The van der Waals surface area contributed by atoms with Crippen LogP contribution < -0.4 is 10.6 Å². The molecule has 0 unspecified atom stereocenters. The van der Waals surface area contributed by atoms with Gasteiger partial charge < -0.3 is 10.6 Å². The summed E-state index contributed by atoms with van der Waals surface area (Å²) in [7, 11) is -3.59. The first-order valence-electron chi connectivity index (χ1n) is 7.84. The smallest absolute Gasteiger partial charge is 0.293 e. The second kappa shape index (κ2) is 8.43. The number of nitro benzene ring substituents is 2. The molecule has 0 fully saturated rings. The van der Waals surface area contributed by atoms with Crippen LogP contribution >= 0.6 is 0 Å². The Kier molecular flexibility index (Phi) is 6.26. The quantitative estimate of drug-likeness (QED) is 0.379. The lowest BCUT2D eigenvalue weighted by Gasteiger charge is -2.09. The highest BCUT2D eigenvalue weighted by Gasteiger charge is 2.18. The average Bonchev–Trinajstić information content (AvgIpc) is 2.64. The predicted molar refractivity (Wildman–Crippen MR) is 100 cm³/mol. The molecule has 28 heavy (non-hydrogen) atoms. The van der Waals surface area contributed by atoms with E-state index in [1.807, 2.05) is 0 Å². The molecule has 0 saturated heterocycles. The number of nitrogens with one attached hydrogen (secondary N) is 2. The van der Waals surface area contributed by atoms with Gasteiger partial charge >= 0.3 is 0 Å². The van der Waals surface area contributed by atoms with Crippen LogP contribution in [0.3, 0.4) is 0 Å². The Hall–Kier alpha value is -3.54. The lowest BCUT2D eigenvalue weighted by atomic mass is 10.2. The number of anilines is 1. The fourth-order valence-corrected chi connectivity index (χ4v) is 2.92. The van der Waals surface area contributed by atoms with Crippen LogP contribution in [-0.4, -0.2) is 43.5 Å². The molecule has 148 valence electrons. The summed E-state index contributed by atoms with van der Waals surface area (Å²) < 4.78 is 23.0. The zero-order chi connectivity index (χ0) is 20.9. The molecule has 0 aliphatic carbocycles. The number of hydrogen-bond acceptors (Lipinski definition) is 8. The normalized spacial score (nSPS) is 10.9. The van der Waals surface area contributed by atoms with Crippen LogP contribution in [-0.2, 0) is 9.84 Å². The van der Waals surface area contributed by atoms with Gasteiger partial charge in [-0.15, -0.1) is 0 Å². The van der Waals surface area contributed by atoms with Crippen molar-refractivity contribution in [2.45, 2.75) is 4.90 Å². The molecule has 2 aromatic rings. The van der Waals surface area contributed by atoms with Gasteiger partial charge in [0.15, 0.2) is 9.84 Å². The minimum absolute atomic E-state index is 0.0759. The number of non-ortho nitro benzene ring substituents is 1. The summed E-state index contributed by atoms with van der Waals surface area (Å²) in [6.45, 7) is 0.187. The maximum atomic E-state index is 12.0. The van der Waals surface area contributed by atoms with E-state index in [2.05, 4.69) is 10.6 Å². The van der Waals surface area contributed by atoms with Crippen molar-refractivity contribution < 1.29 is 23.1 Å². The number of sulfone groups is 1. The number of rotatable bonds is 8. The summed E-state index contributed by atoms with van der Waals surface area (Å²) in [5, 5.41) is 27.2. The zero-order valence-electron chi connectivity index (χ0n) is 14.6. The monoisotopic (exact) mass is 408 g/mol. The first kappa shape index (κ1) is 20.8.